The molecule has 43 heavy (non-hydrogen) atoms. The van der Waals surface area contributed by atoms with Crippen LogP contribution in [0.15, 0.2) is 95.7 Å². The summed E-state index contributed by atoms with van der Waals surface area (Å²) in [4.78, 5) is 8.94. The number of rotatable bonds is 4. The van der Waals surface area contributed by atoms with Crippen LogP contribution in [-0.4, -0.2) is 18.0 Å². The van der Waals surface area contributed by atoms with E-state index in [0.29, 0.717) is 5.92 Å². The average Bonchev–Trinajstić information content (AvgIpc) is 3.44. The number of hydrogen-bond acceptors (Lipinski definition) is 3. The summed E-state index contributed by atoms with van der Waals surface area (Å²) in [7, 11) is -1.37. The standard InChI is InChI=1S/C26H28NOSi.C12H10N.Ir/c1-29(2,3)20-13-15-25-23(16-20)21-10-7-11-22(26(21)28-25)24-14-12-19(17-27-24)18-8-5-4-6-9-18;1-10-7-8-12(13-9-10)11-5-3-2-4-6-11;/h7,10,12-18H,4-6,8-9H2,1-3H3;2-5,7-9H,1H3;/q2*-1;/i;1D3;. The van der Waals surface area contributed by atoms with Crippen molar-refractivity contribution in [1.29, 1.82) is 0 Å². The molecule has 0 saturated heterocycles. The van der Waals surface area contributed by atoms with Crippen molar-refractivity contribution in [3.05, 3.63) is 115 Å². The van der Waals surface area contributed by atoms with Crippen molar-refractivity contribution < 1.29 is 28.6 Å². The van der Waals surface area contributed by atoms with Gasteiger partial charge in [0.2, 0.25) is 0 Å². The number of pyridine rings is 2. The molecule has 3 heterocycles. The maximum atomic E-state index is 7.23. The zero-order valence-corrected chi connectivity index (χ0v) is 28.3. The summed E-state index contributed by atoms with van der Waals surface area (Å²) in [5, 5.41) is 3.82. The normalized spacial score (nSPS) is 15.1. The quantitative estimate of drug-likeness (QED) is 0.133. The fourth-order valence-electron chi connectivity index (χ4n) is 5.73. The van der Waals surface area contributed by atoms with E-state index in [-0.39, 0.29) is 25.7 Å². The van der Waals surface area contributed by atoms with Crippen molar-refractivity contribution >= 4 is 35.2 Å². The molecule has 0 bridgehead atoms. The summed E-state index contributed by atoms with van der Waals surface area (Å²) in [6.45, 7) is 5.06. The molecule has 221 valence electrons. The largest absolute Gasteiger partial charge is 0.501 e. The molecule has 0 N–H and O–H groups in total. The number of nitrogens with zero attached hydrogens (tertiary/aromatic N) is 2. The molecule has 1 aliphatic rings. The predicted molar refractivity (Wildman–Crippen MR) is 178 cm³/mol. The molecule has 0 unspecified atom stereocenters. The third-order valence-corrected chi connectivity index (χ3v) is 10.2. The fraction of sp³-hybridized carbons (Fsp3) is 0.263. The van der Waals surface area contributed by atoms with Gasteiger partial charge in [0.1, 0.15) is 5.58 Å². The average molecular weight is 762 g/mol. The summed E-state index contributed by atoms with van der Waals surface area (Å²) in [6, 6.07) is 32.4. The Balaban J connectivity index is 0.000000209. The molecular formula is C38H38IrN2OSi-2. The van der Waals surface area contributed by atoms with E-state index in [9.17, 15) is 0 Å². The molecule has 1 saturated carbocycles. The third kappa shape index (κ3) is 7.07. The maximum Gasteiger partial charge on any atom is 0.120 e. The molecule has 6 aromatic rings. The van der Waals surface area contributed by atoms with Gasteiger partial charge in [-0.05, 0) is 54.2 Å². The Kier molecular flexibility index (Phi) is 8.54. The minimum absolute atomic E-state index is 0. The molecular weight excluding hydrogens is 721 g/mol. The van der Waals surface area contributed by atoms with Gasteiger partial charge in [0, 0.05) is 42.0 Å². The van der Waals surface area contributed by atoms with E-state index >= 15 is 0 Å². The number of aryl methyl sites for hydroxylation is 1. The Morgan fingerprint density at radius 1 is 0.814 bits per heavy atom. The number of furan rings is 1. The van der Waals surface area contributed by atoms with Crippen LogP contribution in [-0.2, 0) is 20.1 Å². The molecule has 3 aromatic carbocycles. The zero-order valence-electron chi connectivity index (χ0n) is 27.9. The first-order valence-corrected chi connectivity index (χ1v) is 18.4. The summed E-state index contributed by atoms with van der Waals surface area (Å²) in [5.41, 5.74) is 6.98. The van der Waals surface area contributed by atoms with Crippen LogP contribution in [0.1, 0.15) is 53.3 Å². The van der Waals surface area contributed by atoms with E-state index in [4.69, 9.17) is 13.5 Å². The summed E-state index contributed by atoms with van der Waals surface area (Å²) in [6.07, 6.45) is 10.1. The van der Waals surface area contributed by atoms with Gasteiger partial charge in [-0.1, -0.05) is 91.4 Å². The van der Waals surface area contributed by atoms with Crippen molar-refractivity contribution in [2.75, 3.05) is 0 Å². The van der Waals surface area contributed by atoms with Gasteiger partial charge >= 0.3 is 0 Å². The van der Waals surface area contributed by atoms with E-state index in [1.807, 2.05) is 24.3 Å². The molecule has 1 fully saturated rings. The van der Waals surface area contributed by atoms with Crippen molar-refractivity contribution in [2.24, 2.45) is 0 Å². The predicted octanol–water partition coefficient (Wildman–Crippen LogP) is 9.90. The van der Waals surface area contributed by atoms with Crippen LogP contribution in [0.3, 0.4) is 0 Å². The minimum atomic E-state index is -2.09. The summed E-state index contributed by atoms with van der Waals surface area (Å²) < 4.78 is 28.0. The Morgan fingerprint density at radius 2 is 1.63 bits per heavy atom. The second-order valence-corrected chi connectivity index (χ2v) is 17.3. The van der Waals surface area contributed by atoms with Crippen LogP contribution in [0.4, 0.5) is 0 Å². The SMILES string of the molecule is C[Si](C)(C)c1ccc2oc3c(-c4ccc(C5CCCCC5)cn4)[c-]ccc3c2c1.[2H]C([2H])([2H])c1ccc(-c2[c-]cccc2)nc1.[Ir]. The number of aromatic nitrogens is 2. The minimum Gasteiger partial charge on any atom is -0.501 e. The Hall–Kier alpha value is -3.37. The Labute approximate surface area is 274 Å². The van der Waals surface area contributed by atoms with Gasteiger partial charge < -0.3 is 14.4 Å². The Bertz CT molecular complexity index is 1890. The molecule has 1 aliphatic carbocycles. The first-order chi connectivity index (χ1) is 21.6. The Morgan fingerprint density at radius 3 is 2.30 bits per heavy atom. The van der Waals surface area contributed by atoms with E-state index in [1.54, 1.807) is 18.2 Å². The van der Waals surface area contributed by atoms with Crippen molar-refractivity contribution in [3.8, 4) is 22.5 Å². The number of hydrogen-bond donors (Lipinski definition) is 0. The van der Waals surface area contributed by atoms with E-state index in [1.165, 1.54) is 54.4 Å². The molecule has 0 atom stereocenters. The monoisotopic (exact) mass is 762 g/mol. The van der Waals surface area contributed by atoms with Crippen LogP contribution < -0.4 is 5.19 Å². The molecule has 3 aromatic heterocycles. The van der Waals surface area contributed by atoms with Crippen molar-refractivity contribution in [1.82, 2.24) is 9.97 Å². The topological polar surface area (TPSA) is 38.9 Å². The van der Waals surface area contributed by atoms with Gasteiger partial charge in [0.25, 0.3) is 0 Å². The zero-order chi connectivity index (χ0) is 31.6. The van der Waals surface area contributed by atoms with Crippen molar-refractivity contribution in [2.45, 2.75) is 64.5 Å². The van der Waals surface area contributed by atoms with E-state index in [0.717, 1.165) is 39.1 Å². The third-order valence-electron chi connectivity index (χ3n) is 8.16. The van der Waals surface area contributed by atoms with E-state index < -0.39 is 14.9 Å². The fourth-order valence-corrected chi connectivity index (χ4v) is 6.90. The van der Waals surface area contributed by atoms with Gasteiger partial charge in [-0.2, -0.15) is 0 Å². The van der Waals surface area contributed by atoms with Gasteiger partial charge in [-0.3, -0.25) is 0 Å². The van der Waals surface area contributed by atoms with Crippen LogP contribution in [0.5, 0.6) is 0 Å². The maximum absolute atomic E-state index is 7.23. The van der Waals surface area contributed by atoms with Gasteiger partial charge in [0.15, 0.2) is 0 Å². The first kappa shape index (κ1) is 27.2. The van der Waals surface area contributed by atoms with Gasteiger partial charge in [-0.25, -0.2) is 0 Å². The van der Waals surface area contributed by atoms with Crippen LogP contribution >= 0.6 is 0 Å². The molecule has 1 radical (unpaired) electrons. The van der Waals surface area contributed by atoms with E-state index in [2.05, 4.69) is 79.4 Å². The molecule has 7 rings (SSSR count). The molecule has 0 amide bonds. The van der Waals surface area contributed by atoms with Gasteiger partial charge in [-0.15, -0.1) is 54.1 Å². The number of fused-ring (bicyclic) bond motifs is 3. The number of benzene rings is 3. The summed E-state index contributed by atoms with van der Waals surface area (Å²) >= 11 is 0. The van der Waals surface area contributed by atoms with Crippen LogP contribution in [0.2, 0.25) is 19.6 Å². The molecule has 3 nitrogen and oxygen atoms in total. The van der Waals surface area contributed by atoms with Gasteiger partial charge in [0.05, 0.1) is 13.7 Å². The van der Waals surface area contributed by atoms with Crippen LogP contribution in [0, 0.1) is 19.0 Å². The molecule has 0 spiro atoms. The molecule has 0 aliphatic heterocycles. The van der Waals surface area contributed by atoms with Crippen molar-refractivity contribution in [3.63, 3.8) is 0 Å². The second-order valence-electron chi connectivity index (χ2n) is 12.2. The first-order valence-electron chi connectivity index (χ1n) is 16.4. The molecule has 5 heteroatoms. The smallest absolute Gasteiger partial charge is 0.120 e. The second kappa shape index (κ2) is 13.5. The summed E-state index contributed by atoms with van der Waals surface area (Å²) in [5.74, 6) is 0.677. The van der Waals surface area contributed by atoms with Crippen LogP contribution in [0.25, 0.3) is 44.5 Å².